The minimum atomic E-state index is -4.33. The van der Waals surface area contributed by atoms with E-state index < -0.39 is 38.5 Å². The summed E-state index contributed by atoms with van der Waals surface area (Å²) < 4.78 is 73.7. The van der Waals surface area contributed by atoms with Gasteiger partial charge in [-0.05, 0) is 35.7 Å². The summed E-state index contributed by atoms with van der Waals surface area (Å²) in [6.45, 7) is 2.91. The van der Waals surface area contributed by atoms with Crippen molar-refractivity contribution in [2.75, 3.05) is 39.3 Å². The number of sulfonamides is 1. The number of aryl methyl sites for hydroxylation is 1. The highest BCUT2D eigenvalue weighted by Gasteiger charge is 2.33. The van der Waals surface area contributed by atoms with Crippen LogP contribution >= 0.6 is 0 Å². The maximum absolute atomic E-state index is 14.1. The average molecular weight is 535 g/mol. The number of β-amino-alcohol motifs (C(OH)–C–C–N with tert-alkyl or cyclic N) is 1. The van der Waals surface area contributed by atoms with Crippen LogP contribution in [0.5, 0.6) is 0 Å². The molecule has 10 heteroatoms. The monoisotopic (exact) mass is 534 g/mol. The van der Waals surface area contributed by atoms with E-state index in [0.717, 1.165) is 27.1 Å². The summed E-state index contributed by atoms with van der Waals surface area (Å²) in [5, 5.41) is 10.7. The molecule has 3 aromatic carbocycles. The third kappa shape index (κ3) is 6.22. The molecule has 2 atom stereocenters. The zero-order valence-electron chi connectivity index (χ0n) is 20.4. The van der Waals surface area contributed by atoms with Crippen LogP contribution in [0.25, 0.3) is 0 Å². The number of benzene rings is 3. The number of aliphatic hydroxyl groups excluding tert-OH is 1. The van der Waals surface area contributed by atoms with Crippen molar-refractivity contribution in [1.82, 2.24) is 9.21 Å². The van der Waals surface area contributed by atoms with E-state index in [4.69, 9.17) is 4.74 Å². The molecular formula is C27H29F3N2O4S. The Morgan fingerprint density at radius 2 is 1.54 bits per heavy atom. The third-order valence-corrected chi connectivity index (χ3v) is 8.36. The lowest BCUT2D eigenvalue weighted by Crippen LogP contribution is -2.50. The van der Waals surface area contributed by atoms with Crippen molar-refractivity contribution in [2.45, 2.75) is 24.0 Å². The van der Waals surface area contributed by atoms with Crippen LogP contribution in [-0.2, 0) is 14.8 Å². The fourth-order valence-electron chi connectivity index (χ4n) is 4.43. The molecule has 1 aliphatic heterocycles. The Hall–Kier alpha value is -2.76. The van der Waals surface area contributed by atoms with Gasteiger partial charge in [0.1, 0.15) is 11.0 Å². The molecule has 0 spiro atoms. The molecule has 0 saturated carbocycles. The Bertz CT molecular complexity index is 1320. The van der Waals surface area contributed by atoms with Gasteiger partial charge < -0.3 is 9.84 Å². The van der Waals surface area contributed by atoms with Crippen LogP contribution in [0, 0.1) is 24.4 Å². The molecular weight excluding hydrogens is 505 g/mol. The van der Waals surface area contributed by atoms with Gasteiger partial charge in [-0.3, -0.25) is 4.90 Å². The van der Waals surface area contributed by atoms with Crippen LogP contribution < -0.4 is 0 Å². The van der Waals surface area contributed by atoms with Crippen LogP contribution in [0.3, 0.4) is 0 Å². The SMILES string of the molecule is Cc1ccccc1[C@H](OC[C@@H](O)CN1CCN(S(=O)(=O)c2ccc(F)c(F)c2F)CC1)c1ccccc1. The summed E-state index contributed by atoms with van der Waals surface area (Å²) in [5.74, 6) is -4.99. The average Bonchev–Trinajstić information content (AvgIpc) is 2.89. The highest BCUT2D eigenvalue weighted by Crippen LogP contribution is 2.29. The van der Waals surface area contributed by atoms with E-state index in [-0.39, 0.29) is 45.4 Å². The highest BCUT2D eigenvalue weighted by molar-refractivity contribution is 7.89. The zero-order chi connectivity index (χ0) is 26.6. The number of rotatable bonds is 9. The van der Waals surface area contributed by atoms with Crippen LogP contribution in [0.1, 0.15) is 22.8 Å². The maximum atomic E-state index is 14.1. The first kappa shape index (κ1) is 27.3. The van der Waals surface area contributed by atoms with Crippen molar-refractivity contribution in [3.63, 3.8) is 0 Å². The van der Waals surface area contributed by atoms with E-state index in [9.17, 15) is 26.7 Å². The molecule has 0 aromatic heterocycles. The highest BCUT2D eigenvalue weighted by atomic mass is 32.2. The number of piperazine rings is 1. The van der Waals surface area contributed by atoms with E-state index in [0.29, 0.717) is 6.07 Å². The van der Waals surface area contributed by atoms with E-state index in [1.165, 1.54) is 0 Å². The third-order valence-electron chi connectivity index (χ3n) is 6.45. The number of nitrogens with zero attached hydrogens (tertiary/aromatic N) is 2. The minimum absolute atomic E-state index is 0.0181. The molecule has 1 heterocycles. The Morgan fingerprint density at radius 1 is 0.892 bits per heavy atom. The molecule has 0 amide bonds. The maximum Gasteiger partial charge on any atom is 0.246 e. The van der Waals surface area contributed by atoms with Gasteiger partial charge in [0.2, 0.25) is 10.0 Å². The molecule has 1 aliphatic rings. The van der Waals surface area contributed by atoms with Crippen LogP contribution in [-0.4, -0.2) is 68.2 Å². The van der Waals surface area contributed by atoms with Crippen molar-refractivity contribution in [3.05, 3.63) is 101 Å². The molecule has 0 bridgehead atoms. The molecule has 4 rings (SSSR count). The molecule has 1 N–H and O–H groups in total. The fourth-order valence-corrected chi connectivity index (χ4v) is 5.91. The molecule has 1 saturated heterocycles. The second-order valence-corrected chi connectivity index (χ2v) is 10.9. The number of aliphatic hydroxyl groups is 1. The van der Waals surface area contributed by atoms with Crippen molar-refractivity contribution >= 4 is 10.0 Å². The van der Waals surface area contributed by atoms with E-state index in [1.54, 1.807) is 0 Å². The Morgan fingerprint density at radius 3 is 2.22 bits per heavy atom. The van der Waals surface area contributed by atoms with Gasteiger partial charge >= 0.3 is 0 Å². The second-order valence-electron chi connectivity index (χ2n) is 9.01. The predicted molar refractivity (Wildman–Crippen MR) is 133 cm³/mol. The van der Waals surface area contributed by atoms with E-state index in [1.807, 2.05) is 66.4 Å². The van der Waals surface area contributed by atoms with Gasteiger partial charge in [-0.15, -0.1) is 0 Å². The quantitative estimate of drug-likeness (QED) is 0.422. The zero-order valence-corrected chi connectivity index (χ0v) is 21.2. The topological polar surface area (TPSA) is 70.1 Å². The van der Waals surface area contributed by atoms with Crippen molar-refractivity contribution in [2.24, 2.45) is 0 Å². The van der Waals surface area contributed by atoms with E-state index >= 15 is 0 Å². The standard InChI is InChI=1S/C27H29F3N2O4S/c1-19-7-5-6-10-22(19)27(20-8-3-2-4-9-20)36-18-21(33)17-31-13-15-32(16-14-31)37(34,35)24-12-11-23(28)25(29)26(24)30/h2-12,21,27,33H,13-18H2,1H3/t21-,27+/m0/s1. The molecule has 6 nitrogen and oxygen atoms in total. The van der Waals surface area contributed by atoms with E-state index in [2.05, 4.69) is 0 Å². The van der Waals surface area contributed by atoms with Gasteiger partial charge in [-0.1, -0.05) is 54.6 Å². The number of hydrogen-bond donors (Lipinski definition) is 1. The summed E-state index contributed by atoms with van der Waals surface area (Å²) >= 11 is 0. The van der Waals surface area contributed by atoms with Gasteiger partial charge in [0, 0.05) is 32.7 Å². The van der Waals surface area contributed by atoms with Crippen molar-refractivity contribution < 1.29 is 31.4 Å². The lowest BCUT2D eigenvalue weighted by molar-refractivity contribution is -0.0118. The summed E-state index contributed by atoms with van der Waals surface area (Å²) in [6.07, 6.45) is -1.19. The Balaban J connectivity index is 1.35. The largest absolute Gasteiger partial charge is 0.389 e. The minimum Gasteiger partial charge on any atom is -0.389 e. The van der Waals surface area contributed by atoms with Crippen LogP contribution in [0.4, 0.5) is 13.2 Å². The number of ether oxygens (including phenoxy) is 1. The lowest BCUT2D eigenvalue weighted by Gasteiger charge is -2.35. The number of hydrogen-bond acceptors (Lipinski definition) is 5. The first-order valence-corrected chi connectivity index (χ1v) is 13.4. The molecule has 0 radical (unpaired) electrons. The molecule has 0 unspecified atom stereocenters. The van der Waals surface area contributed by atoms with Crippen LogP contribution in [0.15, 0.2) is 71.6 Å². The summed E-state index contributed by atoms with van der Waals surface area (Å²) in [4.78, 5) is 0.990. The smallest absolute Gasteiger partial charge is 0.246 e. The van der Waals surface area contributed by atoms with Crippen molar-refractivity contribution in [3.8, 4) is 0 Å². The molecule has 1 fully saturated rings. The van der Waals surface area contributed by atoms with Gasteiger partial charge in [0.15, 0.2) is 17.5 Å². The Labute approximate surface area is 215 Å². The van der Waals surface area contributed by atoms with Gasteiger partial charge in [-0.2, -0.15) is 4.31 Å². The summed E-state index contributed by atoms with van der Waals surface area (Å²) in [5.41, 5.74) is 3.04. The van der Waals surface area contributed by atoms with Gasteiger partial charge in [0.05, 0.1) is 12.7 Å². The lowest BCUT2D eigenvalue weighted by atomic mass is 9.97. The predicted octanol–water partition coefficient (Wildman–Crippen LogP) is 3.89. The van der Waals surface area contributed by atoms with Crippen LogP contribution in [0.2, 0.25) is 0 Å². The first-order valence-electron chi connectivity index (χ1n) is 11.9. The summed E-state index contributed by atoms with van der Waals surface area (Å²) in [6, 6.07) is 19.0. The molecule has 198 valence electrons. The molecule has 3 aromatic rings. The Kier molecular flexibility index (Phi) is 8.66. The normalized spacial score (nSPS) is 17.0. The summed E-state index contributed by atoms with van der Waals surface area (Å²) in [7, 11) is -4.33. The van der Waals surface area contributed by atoms with Crippen molar-refractivity contribution in [1.29, 1.82) is 0 Å². The second kappa shape index (κ2) is 11.7. The molecule has 37 heavy (non-hydrogen) atoms. The number of halogens is 3. The van der Waals surface area contributed by atoms with Gasteiger partial charge in [0.25, 0.3) is 0 Å². The van der Waals surface area contributed by atoms with Gasteiger partial charge in [-0.25, -0.2) is 21.6 Å². The molecule has 0 aliphatic carbocycles. The fraction of sp³-hybridized carbons (Fsp3) is 0.333. The first-order chi connectivity index (χ1) is 17.7.